The minimum absolute atomic E-state index is 0.00208. The number of hydrogen-bond donors (Lipinski definition) is 1. The van der Waals surface area contributed by atoms with E-state index in [9.17, 15) is 18.3 Å². The van der Waals surface area contributed by atoms with Crippen LogP contribution < -0.4 is 0 Å². The lowest BCUT2D eigenvalue weighted by atomic mass is 9.87. The van der Waals surface area contributed by atoms with Crippen molar-refractivity contribution in [3.8, 4) is 0 Å². The fourth-order valence-corrected chi connectivity index (χ4v) is 1.13. The summed E-state index contributed by atoms with van der Waals surface area (Å²) >= 11 is 0. The van der Waals surface area contributed by atoms with Crippen LogP contribution in [0.25, 0.3) is 0 Å². The van der Waals surface area contributed by atoms with Gasteiger partial charge in [0.15, 0.2) is 0 Å². The number of nitrogens with zero attached hydrogens (tertiary/aromatic N) is 2. The van der Waals surface area contributed by atoms with Crippen molar-refractivity contribution < 1.29 is 18.3 Å². The fourth-order valence-electron chi connectivity index (χ4n) is 1.13. The van der Waals surface area contributed by atoms with E-state index in [4.69, 9.17) is 0 Å². The molecule has 6 heteroatoms. The molecule has 1 rings (SSSR count). The van der Waals surface area contributed by atoms with Crippen LogP contribution in [0, 0.1) is 5.41 Å². The van der Waals surface area contributed by atoms with Gasteiger partial charge in [-0.25, -0.2) is 9.97 Å². The van der Waals surface area contributed by atoms with Gasteiger partial charge in [-0.05, 0) is 11.5 Å². The first-order chi connectivity index (χ1) is 7.60. The first-order valence-corrected chi connectivity index (χ1v) is 5.18. The third-order valence-corrected chi connectivity index (χ3v) is 2.37. The summed E-state index contributed by atoms with van der Waals surface area (Å²) in [6, 6.07) is 0.812. The summed E-state index contributed by atoms with van der Waals surface area (Å²) in [4.78, 5) is 7.14. The maximum atomic E-state index is 12.4. The number of hydrogen-bond acceptors (Lipinski definition) is 3. The molecule has 0 aromatic carbocycles. The van der Waals surface area contributed by atoms with E-state index in [1.807, 2.05) is 0 Å². The molecular weight excluding hydrogens is 233 g/mol. The highest BCUT2D eigenvalue weighted by atomic mass is 19.4. The molecule has 3 nitrogen and oxygen atoms in total. The highest BCUT2D eigenvalue weighted by molar-refractivity contribution is 5.07. The number of aromatic nitrogens is 2. The van der Waals surface area contributed by atoms with Gasteiger partial charge >= 0.3 is 6.18 Å². The van der Waals surface area contributed by atoms with Crippen molar-refractivity contribution in [1.82, 2.24) is 9.97 Å². The second-order valence-electron chi connectivity index (χ2n) is 4.94. The Labute approximate surface area is 97.7 Å². The summed E-state index contributed by atoms with van der Waals surface area (Å²) < 4.78 is 37.2. The van der Waals surface area contributed by atoms with Crippen molar-refractivity contribution in [2.45, 2.75) is 39.5 Å². The molecule has 0 aliphatic carbocycles. The Bertz CT molecular complexity index is 385. The van der Waals surface area contributed by atoms with Gasteiger partial charge in [0.2, 0.25) is 0 Å². The summed E-state index contributed by atoms with van der Waals surface area (Å²) in [7, 11) is 0. The molecule has 1 atom stereocenters. The molecule has 0 amide bonds. The maximum absolute atomic E-state index is 12.4. The second-order valence-corrected chi connectivity index (χ2v) is 4.94. The van der Waals surface area contributed by atoms with Gasteiger partial charge in [-0.2, -0.15) is 13.2 Å². The molecule has 0 fully saturated rings. The number of aliphatic hydroxyl groups is 1. The zero-order valence-electron chi connectivity index (χ0n) is 9.91. The van der Waals surface area contributed by atoms with Crippen LogP contribution in [-0.2, 0) is 12.6 Å². The molecule has 1 unspecified atom stereocenters. The third kappa shape index (κ3) is 3.96. The molecule has 1 aromatic heterocycles. The molecule has 1 aromatic rings. The molecule has 0 aliphatic rings. The van der Waals surface area contributed by atoms with Crippen molar-refractivity contribution in [2.75, 3.05) is 0 Å². The van der Waals surface area contributed by atoms with Crippen LogP contribution in [0.15, 0.2) is 12.3 Å². The number of aliphatic hydroxyl groups excluding tert-OH is 1. The quantitative estimate of drug-likeness (QED) is 0.874. The zero-order chi connectivity index (χ0) is 13.3. The lowest BCUT2D eigenvalue weighted by Crippen LogP contribution is -2.29. The summed E-state index contributed by atoms with van der Waals surface area (Å²) in [6.07, 6.45) is -4.20. The number of halogens is 3. The predicted molar refractivity (Wildman–Crippen MR) is 56.2 cm³/mol. The van der Waals surface area contributed by atoms with E-state index >= 15 is 0 Å². The predicted octanol–water partition coefficient (Wildman–Crippen LogP) is 2.44. The highest BCUT2D eigenvalue weighted by Gasteiger charge is 2.33. The van der Waals surface area contributed by atoms with Gasteiger partial charge in [-0.15, -0.1) is 0 Å². The lowest BCUT2D eigenvalue weighted by molar-refractivity contribution is -0.141. The van der Waals surface area contributed by atoms with Crippen LogP contribution in [0.1, 0.15) is 32.3 Å². The van der Waals surface area contributed by atoms with Crippen LogP contribution in [-0.4, -0.2) is 21.2 Å². The Hall–Kier alpha value is -1.17. The van der Waals surface area contributed by atoms with Gasteiger partial charge in [0.25, 0.3) is 0 Å². The highest BCUT2D eigenvalue weighted by Crippen LogP contribution is 2.27. The minimum atomic E-state index is -4.48. The summed E-state index contributed by atoms with van der Waals surface area (Å²) in [5, 5.41) is 9.77. The van der Waals surface area contributed by atoms with Gasteiger partial charge in [-0.1, -0.05) is 20.8 Å². The van der Waals surface area contributed by atoms with E-state index in [-0.39, 0.29) is 12.2 Å². The third-order valence-electron chi connectivity index (χ3n) is 2.37. The molecule has 0 bridgehead atoms. The zero-order valence-corrected chi connectivity index (χ0v) is 9.91. The minimum Gasteiger partial charge on any atom is -0.392 e. The van der Waals surface area contributed by atoms with E-state index < -0.39 is 23.4 Å². The topological polar surface area (TPSA) is 46.0 Å². The average Bonchev–Trinajstić information content (AvgIpc) is 2.15. The normalized spacial score (nSPS) is 14.8. The summed E-state index contributed by atoms with van der Waals surface area (Å²) in [5.74, 6) is 0.00208. The standard InChI is InChI=1S/C11H15F3N2O/c1-10(2,3)8(17)6-9-15-5-4-7(16-9)11(12,13)14/h4-5,8,17H,6H2,1-3H3. The van der Waals surface area contributed by atoms with Gasteiger partial charge in [0.1, 0.15) is 11.5 Å². The Morgan fingerprint density at radius 2 is 1.88 bits per heavy atom. The SMILES string of the molecule is CC(C)(C)C(O)Cc1nccc(C(F)(F)F)n1. The Kier molecular flexibility index (Phi) is 3.76. The van der Waals surface area contributed by atoms with Crippen molar-refractivity contribution >= 4 is 0 Å². The first kappa shape index (κ1) is 13.9. The van der Waals surface area contributed by atoms with Crippen LogP contribution in [0.3, 0.4) is 0 Å². The molecule has 0 saturated carbocycles. The molecular formula is C11H15F3N2O. The average molecular weight is 248 g/mol. The van der Waals surface area contributed by atoms with Gasteiger partial charge in [0.05, 0.1) is 6.10 Å². The van der Waals surface area contributed by atoms with E-state index in [0.717, 1.165) is 12.3 Å². The molecule has 1 heterocycles. The molecule has 0 spiro atoms. The van der Waals surface area contributed by atoms with Gasteiger partial charge in [-0.3, -0.25) is 0 Å². The van der Waals surface area contributed by atoms with Crippen molar-refractivity contribution in [3.63, 3.8) is 0 Å². The monoisotopic (exact) mass is 248 g/mol. The van der Waals surface area contributed by atoms with Crippen molar-refractivity contribution in [1.29, 1.82) is 0 Å². The van der Waals surface area contributed by atoms with Gasteiger partial charge < -0.3 is 5.11 Å². The number of alkyl halides is 3. The smallest absolute Gasteiger partial charge is 0.392 e. The van der Waals surface area contributed by atoms with Crippen molar-refractivity contribution in [2.24, 2.45) is 5.41 Å². The van der Waals surface area contributed by atoms with Gasteiger partial charge in [0, 0.05) is 12.6 Å². The molecule has 96 valence electrons. The molecule has 1 N–H and O–H groups in total. The Morgan fingerprint density at radius 3 is 2.35 bits per heavy atom. The van der Waals surface area contributed by atoms with Crippen molar-refractivity contribution in [3.05, 3.63) is 23.8 Å². The Morgan fingerprint density at radius 1 is 1.29 bits per heavy atom. The summed E-state index contributed by atoms with van der Waals surface area (Å²) in [5.41, 5.74) is -1.40. The van der Waals surface area contributed by atoms with Crippen LogP contribution in [0.5, 0.6) is 0 Å². The number of rotatable bonds is 2. The van der Waals surface area contributed by atoms with E-state index in [0.29, 0.717) is 0 Å². The van der Waals surface area contributed by atoms with Crippen LogP contribution in [0.4, 0.5) is 13.2 Å². The largest absolute Gasteiger partial charge is 0.433 e. The molecule has 0 aliphatic heterocycles. The summed E-state index contributed by atoms with van der Waals surface area (Å²) in [6.45, 7) is 5.39. The lowest BCUT2D eigenvalue weighted by Gasteiger charge is -2.25. The maximum Gasteiger partial charge on any atom is 0.433 e. The van der Waals surface area contributed by atoms with Crippen LogP contribution in [0.2, 0.25) is 0 Å². The molecule has 17 heavy (non-hydrogen) atoms. The Balaban J connectivity index is 2.87. The fraction of sp³-hybridized carbons (Fsp3) is 0.636. The first-order valence-electron chi connectivity index (χ1n) is 5.18. The molecule has 0 saturated heterocycles. The van der Waals surface area contributed by atoms with Crippen LogP contribution >= 0.6 is 0 Å². The van der Waals surface area contributed by atoms with E-state index in [2.05, 4.69) is 9.97 Å². The van der Waals surface area contributed by atoms with E-state index in [1.54, 1.807) is 20.8 Å². The second kappa shape index (κ2) is 4.60. The molecule has 0 radical (unpaired) electrons. The van der Waals surface area contributed by atoms with E-state index in [1.165, 1.54) is 0 Å².